The van der Waals surface area contributed by atoms with Crippen LogP contribution in [0.1, 0.15) is 47.0 Å². The van der Waals surface area contributed by atoms with Crippen molar-refractivity contribution < 1.29 is 33.9 Å². The van der Waals surface area contributed by atoms with E-state index < -0.39 is 23.6 Å². The van der Waals surface area contributed by atoms with Gasteiger partial charge in [0.2, 0.25) is 0 Å². The number of ether oxygens (including phenoxy) is 2. The lowest BCUT2D eigenvalue weighted by atomic mass is 10.1. The van der Waals surface area contributed by atoms with Gasteiger partial charge in [-0.25, -0.2) is 20.1 Å². The Morgan fingerprint density at radius 2 is 1.80 bits per heavy atom. The third-order valence-corrected chi connectivity index (χ3v) is 4.91. The number of urea groups is 1. The predicted molar refractivity (Wildman–Crippen MR) is 106 cm³/mol. The van der Waals surface area contributed by atoms with Crippen LogP contribution in [0.4, 0.5) is 9.59 Å². The van der Waals surface area contributed by atoms with Crippen molar-refractivity contribution in [3.63, 3.8) is 0 Å². The highest BCUT2D eigenvalue weighted by atomic mass is 16.7. The molecule has 2 saturated heterocycles. The molecule has 30 heavy (non-hydrogen) atoms. The third-order valence-electron chi connectivity index (χ3n) is 4.91. The summed E-state index contributed by atoms with van der Waals surface area (Å²) in [6.07, 6.45) is 1.44. The number of likely N-dealkylation sites (tertiary alicyclic amines) is 1. The highest BCUT2D eigenvalue weighted by molar-refractivity contribution is 5.87. The molecule has 0 spiro atoms. The van der Waals surface area contributed by atoms with E-state index in [0.717, 1.165) is 0 Å². The number of nitrogens with one attached hydrogen (secondary N) is 1. The van der Waals surface area contributed by atoms with E-state index in [4.69, 9.17) is 14.3 Å². The van der Waals surface area contributed by atoms with Gasteiger partial charge in [0.1, 0.15) is 11.6 Å². The maximum absolute atomic E-state index is 12.3. The van der Waals surface area contributed by atoms with Gasteiger partial charge in [0.05, 0.1) is 25.9 Å². The molecule has 0 saturated carbocycles. The van der Waals surface area contributed by atoms with Gasteiger partial charge in [0, 0.05) is 19.6 Å². The van der Waals surface area contributed by atoms with Crippen LogP contribution in [0, 0.1) is 0 Å². The number of hydrogen-bond acceptors (Lipinski definition) is 7. The quantitative estimate of drug-likeness (QED) is 0.355. The highest BCUT2D eigenvalue weighted by Gasteiger charge is 2.36. The fourth-order valence-corrected chi connectivity index (χ4v) is 3.38. The van der Waals surface area contributed by atoms with E-state index in [-0.39, 0.29) is 25.3 Å². The standard InChI is InChI=1S/C19H34N4O7/c1-5-22-15(8-11-23(27)17(22)25)16(24)20-29-13-12-28-14-6-9-21(10-7-14)18(26)30-19(2,3)4/h14-15,27H,5-13H2,1-4H3,(H,20,24)/t15-/m0/s1. The number of carbonyl (C=O) groups is 3. The molecule has 2 N–H and O–H groups in total. The van der Waals surface area contributed by atoms with Gasteiger partial charge in [-0.15, -0.1) is 0 Å². The fourth-order valence-electron chi connectivity index (χ4n) is 3.38. The molecule has 2 fully saturated rings. The number of amides is 4. The summed E-state index contributed by atoms with van der Waals surface area (Å²) in [7, 11) is 0. The largest absolute Gasteiger partial charge is 0.444 e. The van der Waals surface area contributed by atoms with Gasteiger partial charge in [0.25, 0.3) is 5.91 Å². The van der Waals surface area contributed by atoms with Gasteiger partial charge in [-0.05, 0) is 47.0 Å². The highest BCUT2D eigenvalue weighted by Crippen LogP contribution is 2.17. The summed E-state index contributed by atoms with van der Waals surface area (Å²) >= 11 is 0. The first kappa shape index (κ1) is 24.2. The molecule has 2 rings (SSSR count). The molecule has 172 valence electrons. The normalized spacial score (nSPS) is 21.0. The second kappa shape index (κ2) is 10.8. The summed E-state index contributed by atoms with van der Waals surface area (Å²) in [5, 5.41) is 10.1. The summed E-state index contributed by atoms with van der Waals surface area (Å²) in [5.74, 6) is -0.427. The van der Waals surface area contributed by atoms with Crippen LogP contribution in [-0.2, 0) is 19.1 Å². The topological polar surface area (TPSA) is 121 Å². The summed E-state index contributed by atoms with van der Waals surface area (Å²) in [4.78, 5) is 44.4. The molecule has 0 aromatic heterocycles. The first-order chi connectivity index (χ1) is 14.1. The monoisotopic (exact) mass is 430 g/mol. The van der Waals surface area contributed by atoms with Gasteiger partial charge in [-0.1, -0.05) is 0 Å². The van der Waals surface area contributed by atoms with E-state index >= 15 is 0 Å². The van der Waals surface area contributed by atoms with Crippen molar-refractivity contribution in [1.82, 2.24) is 20.3 Å². The van der Waals surface area contributed by atoms with Crippen LogP contribution in [-0.4, -0.2) is 95.2 Å². The van der Waals surface area contributed by atoms with Crippen molar-refractivity contribution in [2.75, 3.05) is 39.4 Å². The Morgan fingerprint density at radius 3 is 2.40 bits per heavy atom. The zero-order valence-electron chi connectivity index (χ0n) is 18.3. The first-order valence-electron chi connectivity index (χ1n) is 10.4. The number of rotatable bonds is 7. The lowest BCUT2D eigenvalue weighted by molar-refractivity contribution is -0.145. The molecular weight excluding hydrogens is 396 g/mol. The Balaban J connectivity index is 1.61. The minimum atomic E-state index is -0.677. The SMILES string of the molecule is CCN1C(=O)N(O)CC[C@H]1C(=O)NOCCOC1CCN(C(=O)OC(C)(C)C)CC1. The van der Waals surface area contributed by atoms with Gasteiger partial charge in [0.15, 0.2) is 0 Å². The van der Waals surface area contributed by atoms with Crippen LogP contribution in [0.25, 0.3) is 0 Å². The Morgan fingerprint density at radius 1 is 1.13 bits per heavy atom. The molecule has 0 bridgehead atoms. The van der Waals surface area contributed by atoms with Crippen molar-refractivity contribution in [3.05, 3.63) is 0 Å². The van der Waals surface area contributed by atoms with Crippen molar-refractivity contribution in [1.29, 1.82) is 0 Å². The Bertz CT molecular complexity index is 602. The molecule has 4 amide bonds. The number of hydrogen-bond donors (Lipinski definition) is 2. The van der Waals surface area contributed by atoms with Crippen molar-refractivity contribution >= 4 is 18.0 Å². The number of likely N-dealkylation sites (N-methyl/N-ethyl adjacent to an activating group) is 1. The molecule has 0 aromatic rings. The average Bonchev–Trinajstić information content (AvgIpc) is 2.68. The van der Waals surface area contributed by atoms with Crippen LogP contribution < -0.4 is 5.48 Å². The fraction of sp³-hybridized carbons (Fsp3) is 0.842. The van der Waals surface area contributed by atoms with E-state index in [9.17, 15) is 19.6 Å². The van der Waals surface area contributed by atoms with E-state index in [1.165, 1.54) is 4.90 Å². The molecular formula is C19H34N4O7. The van der Waals surface area contributed by atoms with Crippen molar-refractivity contribution in [2.24, 2.45) is 0 Å². The predicted octanol–water partition coefficient (Wildman–Crippen LogP) is 1.36. The third kappa shape index (κ3) is 6.99. The number of hydroxylamine groups is 3. The molecule has 11 heteroatoms. The van der Waals surface area contributed by atoms with Gasteiger partial charge >= 0.3 is 12.1 Å². The molecule has 11 nitrogen and oxygen atoms in total. The summed E-state index contributed by atoms with van der Waals surface area (Å²) < 4.78 is 11.1. The number of carbonyl (C=O) groups excluding carboxylic acids is 3. The zero-order chi connectivity index (χ0) is 22.3. The average molecular weight is 431 g/mol. The number of nitrogens with zero attached hydrogens (tertiary/aromatic N) is 3. The molecule has 0 aromatic carbocycles. The lowest BCUT2D eigenvalue weighted by Crippen LogP contribution is -2.58. The van der Waals surface area contributed by atoms with Gasteiger partial charge < -0.3 is 19.3 Å². The Kier molecular flexibility index (Phi) is 8.68. The molecule has 0 aliphatic carbocycles. The van der Waals surface area contributed by atoms with Crippen LogP contribution in [0.15, 0.2) is 0 Å². The van der Waals surface area contributed by atoms with E-state index in [1.807, 2.05) is 20.8 Å². The van der Waals surface area contributed by atoms with Crippen molar-refractivity contribution in [3.8, 4) is 0 Å². The second-order valence-corrected chi connectivity index (χ2v) is 8.35. The van der Waals surface area contributed by atoms with Gasteiger partial charge in [-0.2, -0.15) is 0 Å². The van der Waals surface area contributed by atoms with Gasteiger partial charge in [-0.3, -0.25) is 14.8 Å². The lowest BCUT2D eigenvalue weighted by Gasteiger charge is -2.36. The molecule has 0 radical (unpaired) electrons. The molecule has 2 aliphatic heterocycles. The summed E-state index contributed by atoms with van der Waals surface area (Å²) in [5.41, 5.74) is 1.84. The van der Waals surface area contributed by atoms with E-state index in [0.29, 0.717) is 50.6 Å². The van der Waals surface area contributed by atoms with E-state index in [1.54, 1.807) is 11.8 Å². The minimum Gasteiger partial charge on any atom is -0.444 e. The molecule has 2 heterocycles. The summed E-state index contributed by atoms with van der Waals surface area (Å²) in [6.45, 7) is 9.26. The minimum absolute atomic E-state index is 0.0186. The maximum Gasteiger partial charge on any atom is 0.410 e. The zero-order valence-corrected chi connectivity index (χ0v) is 18.3. The maximum atomic E-state index is 12.3. The number of piperidine rings is 1. The summed E-state index contributed by atoms with van der Waals surface area (Å²) in [6, 6.07) is -1.27. The Labute approximate surface area is 177 Å². The van der Waals surface area contributed by atoms with E-state index in [2.05, 4.69) is 5.48 Å². The Hall–Kier alpha value is -2.11. The second-order valence-electron chi connectivity index (χ2n) is 8.35. The van der Waals surface area contributed by atoms with Crippen molar-refractivity contribution in [2.45, 2.75) is 64.7 Å². The van der Waals surface area contributed by atoms with Crippen LogP contribution in [0.2, 0.25) is 0 Å². The first-order valence-corrected chi connectivity index (χ1v) is 10.4. The molecule has 1 atom stereocenters. The van der Waals surface area contributed by atoms with Crippen LogP contribution >= 0.6 is 0 Å². The smallest absolute Gasteiger partial charge is 0.410 e. The molecule has 2 aliphatic rings. The molecule has 0 unspecified atom stereocenters. The van der Waals surface area contributed by atoms with Crippen LogP contribution in [0.5, 0.6) is 0 Å². The van der Waals surface area contributed by atoms with Crippen LogP contribution in [0.3, 0.4) is 0 Å².